The van der Waals surface area contributed by atoms with E-state index in [0.717, 1.165) is 12.5 Å². The van der Waals surface area contributed by atoms with Gasteiger partial charge in [-0.05, 0) is 18.4 Å². The van der Waals surface area contributed by atoms with Gasteiger partial charge in [0.2, 0.25) is 0 Å². The van der Waals surface area contributed by atoms with Crippen molar-refractivity contribution in [3.8, 4) is 0 Å². The Balaban J connectivity index is 2.02. The second-order valence-corrected chi connectivity index (χ2v) is 5.08. The second-order valence-electron chi connectivity index (χ2n) is 5.08. The number of rotatable bonds is 6. The van der Waals surface area contributed by atoms with Crippen LogP contribution in [0.25, 0.3) is 0 Å². The van der Waals surface area contributed by atoms with Gasteiger partial charge in [-0.2, -0.15) is 0 Å². The first-order valence-corrected chi connectivity index (χ1v) is 6.74. The van der Waals surface area contributed by atoms with E-state index in [1.54, 1.807) is 0 Å². The summed E-state index contributed by atoms with van der Waals surface area (Å²) in [5.74, 6) is 0.694. The molecular formula is C13H17N3O4. The molecule has 0 amide bonds. The molecule has 0 saturated heterocycles. The quantitative estimate of drug-likeness (QED) is 0.634. The van der Waals surface area contributed by atoms with Crippen LogP contribution in [0, 0.1) is 26.1 Å². The van der Waals surface area contributed by atoms with Crippen LogP contribution in [0.4, 0.5) is 17.1 Å². The maximum Gasteiger partial charge on any atom is 0.299 e. The first kappa shape index (κ1) is 14.2. The Morgan fingerprint density at radius 1 is 1.15 bits per heavy atom. The summed E-state index contributed by atoms with van der Waals surface area (Å²) >= 11 is 0. The van der Waals surface area contributed by atoms with Gasteiger partial charge in [0.1, 0.15) is 5.69 Å². The molecule has 0 radical (unpaired) electrons. The lowest BCUT2D eigenvalue weighted by Gasteiger charge is -2.10. The maximum atomic E-state index is 11.0. The normalized spacial score (nSPS) is 15.2. The molecule has 1 saturated carbocycles. The van der Waals surface area contributed by atoms with Crippen LogP contribution in [0.2, 0.25) is 0 Å². The van der Waals surface area contributed by atoms with Crippen molar-refractivity contribution in [3.05, 3.63) is 38.4 Å². The average Bonchev–Trinajstić information content (AvgIpc) is 2.91. The van der Waals surface area contributed by atoms with Crippen LogP contribution in [-0.4, -0.2) is 16.4 Å². The van der Waals surface area contributed by atoms with Crippen molar-refractivity contribution in [1.82, 2.24) is 0 Å². The van der Waals surface area contributed by atoms with Gasteiger partial charge in [0, 0.05) is 12.6 Å². The van der Waals surface area contributed by atoms with E-state index in [1.807, 2.05) is 0 Å². The Morgan fingerprint density at radius 2 is 1.85 bits per heavy atom. The summed E-state index contributed by atoms with van der Waals surface area (Å²) in [5.41, 5.74) is -0.165. The molecule has 7 nitrogen and oxygen atoms in total. The third-order valence-electron chi connectivity index (χ3n) is 3.73. The van der Waals surface area contributed by atoms with Crippen LogP contribution in [0.1, 0.15) is 32.1 Å². The number of nitrogens with one attached hydrogen (secondary N) is 1. The average molecular weight is 279 g/mol. The lowest BCUT2D eigenvalue weighted by Crippen LogP contribution is -2.08. The SMILES string of the molecule is O=[N+]([O-])c1ccc(NCCC2CCCC2)c([N+](=O)[O-])c1. The second kappa shape index (κ2) is 6.31. The molecule has 0 heterocycles. The highest BCUT2D eigenvalue weighted by Gasteiger charge is 2.20. The molecule has 1 aromatic rings. The monoisotopic (exact) mass is 279 g/mol. The molecule has 1 fully saturated rings. The van der Waals surface area contributed by atoms with Crippen molar-refractivity contribution in [2.75, 3.05) is 11.9 Å². The molecule has 108 valence electrons. The topological polar surface area (TPSA) is 98.3 Å². The molecule has 7 heteroatoms. The molecule has 0 spiro atoms. The first-order chi connectivity index (χ1) is 9.58. The fraction of sp³-hybridized carbons (Fsp3) is 0.538. The zero-order chi connectivity index (χ0) is 14.5. The Kier molecular flexibility index (Phi) is 4.49. The fourth-order valence-electron chi connectivity index (χ4n) is 2.64. The molecular weight excluding hydrogens is 262 g/mol. The standard InChI is InChI=1S/C13H17N3O4/c17-15(18)11-5-6-12(13(9-11)16(19)20)14-8-7-10-3-1-2-4-10/h5-6,9-10,14H,1-4,7-8H2. The summed E-state index contributed by atoms with van der Waals surface area (Å²) in [6.45, 7) is 0.656. The largest absolute Gasteiger partial charge is 0.379 e. The lowest BCUT2D eigenvalue weighted by molar-refractivity contribution is -0.393. The molecule has 0 aliphatic heterocycles. The first-order valence-electron chi connectivity index (χ1n) is 6.74. The molecule has 0 aromatic heterocycles. The van der Waals surface area contributed by atoms with Crippen molar-refractivity contribution >= 4 is 17.1 Å². The minimum Gasteiger partial charge on any atom is -0.379 e. The van der Waals surface area contributed by atoms with Gasteiger partial charge in [0.15, 0.2) is 0 Å². The minimum atomic E-state index is -0.630. The zero-order valence-electron chi connectivity index (χ0n) is 11.1. The fourth-order valence-corrected chi connectivity index (χ4v) is 2.64. The van der Waals surface area contributed by atoms with Crippen LogP contribution >= 0.6 is 0 Å². The summed E-state index contributed by atoms with van der Waals surface area (Å²) in [7, 11) is 0. The van der Waals surface area contributed by atoms with Crippen LogP contribution in [0.15, 0.2) is 18.2 Å². The highest BCUT2D eigenvalue weighted by molar-refractivity contribution is 5.65. The number of anilines is 1. The number of hydrogen-bond acceptors (Lipinski definition) is 5. The highest BCUT2D eigenvalue weighted by atomic mass is 16.6. The third-order valence-corrected chi connectivity index (χ3v) is 3.73. The minimum absolute atomic E-state index is 0.245. The van der Waals surface area contributed by atoms with Crippen LogP contribution in [0.3, 0.4) is 0 Å². The van der Waals surface area contributed by atoms with E-state index in [1.165, 1.54) is 37.8 Å². The maximum absolute atomic E-state index is 11.0. The van der Waals surface area contributed by atoms with E-state index < -0.39 is 9.85 Å². The van der Waals surface area contributed by atoms with Gasteiger partial charge in [-0.15, -0.1) is 0 Å². The number of non-ortho nitro benzene ring substituents is 1. The summed E-state index contributed by atoms with van der Waals surface area (Å²) in [6.07, 6.45) is 5.97. The van der Waals surface area contributed by atoms with Gasteiger partial charge in [-0.1, -0.05) is 25.7 Å². The molecule has 1 aliphatic rings. The van der Waals surface area contributed by atoms with E-state index in [-0.39, 0.29) is 11.4 Å². The van der Waals surface area contributed by atoms with Crippen molar-refractivity contribution < 1.29 is 9.85 Å². The number of benzene rings is 1. The number of nitro benzene ring substituents is 2. The van der Waals surface area contributed by atoms with Gasteiger partial charge >= 0.3 is 0 Å². The number of hydrogen-bond donors (Lipinski definition) is 1. The van der Waals surface area contributed by atoms with E-state index >= 15 is 0 Å². The van der Waals surface area contributed by atoms with Crippen LogP contribution < -0.4 is 5.32 Å². The van der Waals surface area contributed by atoms with Crippen molar-refractivity contribution in [2.45, 2.75) is 32.1 Å². The van der Waals surface area contributed by atoms with Gasteiger partial charge < -0.3 is 5.32 Å². The Morgan fingerprint density at radius 3 is 2.45 bits per heavy atom. The summed E-state index contributed by atoms with van der Waals surface area (Å²) in [6, 6.07) is 3.69. The third kappa shape index (κ3) is 3.43. The molecule has 0 unspecified atom stereocenters. The zero-order valence-corrected chi connectivity index (χ0v) is 11.1. The van der Waals surface area contributed by atoms with E-state index in [4.69, 9.17) is 0 Å². The van der Waals surface area contributed by atoms with E-state index in [9.17, 15) is 20.2 Å². The Hall–Kier alpha value is -2.18. The molecule has 1 N–H and O–H groups in total. The highest BCUT2D eigenvalue weighted by Crippen LogP contribution is 2.30. The summed E-state index contributed by atoms with van der Waals surface area (Å²) < 4.78 is 0. The van der Waals surface area contributed by atoms with Gasteiger partial charge in [-0.25, -0.2) is 0 Å². The van der Waals surface area contributed by atoms with Crippen LogP contribution in [0.5, 0.6) is 0 Å². The Labute approximate surface area is 116 Å². The molecule has 0 bridgehead atoms. The number of nitro groups is 2. The molecule has 1 aliphatic carbocycles. The van der Waals surface area contributed by atoms with Crippen molar-refractivity contribution in [2.24, 2.45) is 5.92 Å². The number of nitrogens with zero attached hydrogens (tertiary/aromatic N) is 2. The molecule has 1 aromatic carbocycles. The summed E-state index contributed by atoms with van der Waals surface area (Å²) in [4.78, 5) is 20.4. The van der Waals surface area contributed by atoms with Crippen molar-refractivity contribution in [1.29, 1.82) is 0 Å². The molecule has 0 atom stereocenters. The molecule has 2 rings (SSSR count). The summed E-state index contributed by atoms with van der Waals surface area (Å²) in [5, 5.41) is 24.6. The van der Waals surface area contributed by atoms with E-state index in [2.05, 4.69) is 5.32 Å². The predicted molar refractivity (Wildman–Crippen MR) is 74.8 cm³/mol. The van der Waals surface area contributed by atoms with Gasteiger partial charge in [-0.3, -0.25) is 20.2 Å². The smallest absolute Gasteiger partial charge is 0.299 e. The lowest BCUT2D eigenvalue weighted by atomic mass is 10.0. The van der Waals surface area contributed by atoms with E-state index in [0.29, 0.717) is 18.2 Å². The van der Waals surface area contributed by atoms with Gasteiger partial charge in [0.05, 0.1) is 15.9 Å². The van der Waals surface area contributed by atoms with Crippen LogP contribution in [-0.2, 0) is 0 Å². The predicted octanol–water partition coefficient (Wildman–Crippen LogP) is 3.50. The molecule has 20 heavy (non-hydrogen) atoms. The Bertz CT molecular complexity index is 512. The van der Waals surface area contributed by atoms with Crippen molar-refractivity contribution in [3.63, 3.8) is 0 Å². The van der Waals surface area contributed by atoms with Gasteiger partial charge in [0.25, 0.3) is 11.4 Å².